The van der Waals surface area contributed by atoms with E-state index in [0.717, 1.165) is 44.6 Å². The second-order valence-electron chi connectivity index (χ2n) is 7.48. The van der Waals surface area contributed by atoms with Gasteiger partial charge in [0, 0.05) is 30.7 Å². The van der Waals surface area contributed by atoms with Crippen LogP contribution in [0.3, 0.4) is 0 Å². The third-order valence-electron chi connectivity index (χ3n) is 6.06. The van der Waals surface area contributed by atoms with Gasteiger partial charge in [-0.1, -0.05) is 24.4 Å². The van der Waals surface area contributed by atoms with Crippen LogP contribution in [-0.2, 0) is 4.74 Å². The lowest BCUT2D eigenvalue weighted by Gasteiger charge is -2.44. The molecule has 0 bridgehead atoms. The first-order valence-electron chi connectivity index (χ1n) is 9.42. The Bertz CT molecular complexity index is 594. The van der Waals surface area contributed by atoms with Gasteiger partial charge in [0.1, 0.15) is 4.34 Å². The fourth-order valence-electron chi connectivity index (χ4n) is 4.75. The minimum Gasteiger partial charge on any atom is -0.381 e. The van der Waals surface area contributed by atoms with Crippen molar-refractivity contribution in [2.75, 3.05) is 19.8 Å². The fraction of sp³-hybridized carbons (Fsp3) is 0.737. The van der Waals surface area contributed by atoms with Gasteiger partial charge in [0.05, 0.1) is 5.56 Å². The van der Waals surface area contributed by atoms with Crippen LogP contribution < -0.4 is 0 Å². The van der Waals surface area contributed by atoms with E-state index in [2.05, 4.69) is 11.0 Å². The van der Waals surface area contributed by atoms with Gasteiger partial charge < -0.3 is 9.64 Å². The lowest BCUT2D eigenvalue weighted by molar-refractivity contribution is 0.0391. The number of hydrogen-bond acceptors (Lipinski definition) is 3. The minimum atomic E-state index is 0.172. The maximum absolute atomic E-state index is 13.2. The van der Waals surface area contributed by atoms with Crippen LogP contribution in [0.5, 0.6) is 0 Å². The van der Waals surface area contributed by atoms with Crippen LogP contribution in [0.25, 0.3) is 0 Å². The molecule has 2 unspecified atom stereocenters. The lowest BCUT2D eigenvalue weighted by atomic mass is 9.78. The summed E-state index contributed by atoms with van der Waals surface area (Å²) in [5.74, 6) is 1.39. The second kappa shape index (κ2) is 7.35. The van der Waals surface area contributed by atoms with E-state index in [1.807, 2.05) is 0 Å². The first kappa shape index (κ1) is 16.9. The largest absolute Gasteiger partial charge is 0.381 e. The van der Waals surface area contributed by atoms with E-state index in [1.165, 1.54) is 37.0 Å². The zero-order valence-electron chi connectivity index (χ0n) is 14.1. The summed E-state index contributed by atoms with van der Waals surface area (Å²) in [6, 6.07) is 2.53. The predicted octanol–water partition coefficient (Wildman–Crippen LogP) is 5.09. The highest BCUT2D eigenvalue weighted by Crippen LogP contribution is 2.40. The molecule has 5 heteroatoms. The summed E-state index contributed by atoms with van der Waals surface area (Å²) in [5, 5.41) is 0. The number of carbonyl (C=O) groups is 1. The molecule has 3 nitrogen and oxygen atoms in total. The van der Waals surface area contributed by atoms with Gasteiger partial charge in [0.15, 0.2) is 0 Å². The van der Waals surface area contributed by atoms with Crippen LogP contribution in [0.1, 0.15) is 72.5 Å². The number of carbonyl (C=O) groups excluding carboxylic acids is 1. The SMILES string of the molecule is O=C(c1cc(C2CCOCC2)sc1Cl)N1CCCC2CCCCC21. The molecule has 4 rings (SSSR count). The van der Waals surface area contributed by atoms with Gasteiger partial charge in [-0.15, -0.1) is 11.3 Å². The number of halogens is 1. The van der Waals surface area contributed by atoms with Crippen molar-refractivity contribution < 1.29 is 9.53 Å². The summed E-state index contributed by atoms with van der Waals surface area (Å²) < 4.78 is 6.14. The average molecular weight is 368 g/mol. The summed E-state index contributed by atoms with van der Waals surface area (Å²) in [7, 11) is 0. The third-order valence-corrected chi connectivity index (χ3v) is 7.59. The Hall–Kier alpha value is -0.580. The van der Waals surface area contributed by atoms with Crippen molar-refractivity contribution in [2.24, 2.45) is 5.92 Å². The Kier molecular flexibility index (Phi) is 5.16. The number of nitrogens with zero attached hydrogens (tertiary/aromatic N) is 1. The molecule has 0 N–H and O–H groups in total. The molecule has 1 aromatic heterocycles. The number of likely N-dealkylation sites (tertiary alicyclic amines) is 1. The Morgan fingerprint density at radius 2 is 1.88 bits per heavy atom. The standard InChI is InChI=1S/C19H26ClNO2S/c20-18-15(12-17(24-18)14-7-10-23-11-8-14)19(22)21-9-3-5-13-4-1-2-6-16(13)21/h12-14,16H,1-11H2. The third kappa shape index (κ3) is 3.25. The highest BCUT2D eigenvalue weighted by Gasteiger charge is 2.37. The van der Waals surface area contributed by atoms with Crippen molar-refractivity contribution in [3.8, 4) is 0 Å². The van der Waals surface area contributed by atoms with Crippen LogP contribution in [0.4, 0.5) is 0 Å². The number of rotatable bonds is 2. The molecule has 3 fully saturated rings. The van der Waals surface area contributed by atoms with Crippen molar-refractivity contribution in [1.29, 1.82) is 0 Å². The predicted molar refractivity (Wildman–Crippen MR) is 98.1 cm³/mol. The first-order chi connectivity index (χ1) is 11.7. The number of ether oxygens (including phenoxy) is 1. The normalized spacial score (nSPS) is 28.6. The van der Waals surface area contributed by atoms with Crippen LogP contribution in [0.15, 0.2) is 6.07 Å². The van der Waals surface area contributed by atoms with Crippen LogP contribution in [0.2, 0.25) is 4.34 Å². The van der Waals surface area contributed by atoms with Crippen molar-refractivity contribution in [1.82, 2.24) is 4.90 Å². The molecule has 3 aliphatic rings. The van der Waals surface area contributed by atoms with Crippen LogP contribution >= 0.6 is 22.9 Å². The molecule has 2 atom stereocenters. The highest BCUT2D eigenvalue weighted by molar-refractivity contribution is 7.16. The molecule has 1 amide bonds. The monoisotopic (exact) mass is 367 g/mol. The van der Waals surface area contributed by atoms with Gasteiger partial charge in [-0.25, -0.2) is 0 Å². The maximum atomic E-state index is 13.2. The van der Waals surface area contributed by atoms with Gasteiger partial charge in [-0.3, -0.25) is 4.79 Å². The smallest absolute Gasteiger partial charge is 0.256 e. The van der Waals surface area contributed by atoms with Crippen molar-refractivity contribution in [2.45, 2.75) is 63.3 Å². The summed E-state index contributed by atoms with van der Waals surface area (Å²) in [6.45, 7) is 2.54. The van der Waals surface area contributed by atoms with Gasteiger partial charge in [0.25, 0.3) is 5.91 Å². The van der Waals surface area contributed by atoms with Crippen LogP contribution in [-0.4, -0.2) is 36.6 Å². The number of thiophene rings is 1. The summed E-state index contributed by atoms with van der Waals surface area (Å²) in [6.07, 6.45) is 9.56. The zero-order chi connectivity index (χ0) is 16.5. The molecule has 3 heterocycles. The Morgan fingerprint density at radius 1 is 1.12 bits per heavy atom. The quantitative estimate of drug-likeness (QED) is 0.728. The van der Waals surface area contributed by atoms with Gasteiger partial charge >= 0.3 is 0 Å². The molecule has 132 valence electrons. The van der Waals surface area contributed by atoms with Gasteiger partial charge in [-0.05, 0) is 56.4 Å². The molecule has 1 saturated carbocycles. The molecule has 2 saturated heterocycles. The topological polar surface area (TPSA) is 29.5 Å². The zero-order valence-corrected chi connectivity index (χ0v) is 15.7. The average Bonchev–Trinajstić information content (AvgIpc) is 3.03. The van der Waals surface area contributed by atoms with E-state index in [0.29, 0.717) is 22.2 Å². The Balaban J connectivity index is 1.54. The van der Waals surface area contributed by atoms with Gasteiger partial charge in [0.2, 0.25) is 0 Å². The van der Waals surface area contributed by atoms with E-state index >= 15 is 0 Å². The number of amides is 1. The summed E-state index contributed by atoms with van der Waals surface area (Å²) in [5.41, 5.74) is 0.745. The van der Waals surface area contributed by atoms with E-state index in [-0.39, 0.29) is 5.91 Å². The highest BCUT2D eigenvalue weighted by atomic mass is 35.5. The second-order valence-corrected chi connectivity index (χ2v) is 9.16. The van der Waals surface area contributed by atoms with Crippen molar-refractivity contribution in [3.05, 3.63) is 20.8 Å². The van der Waals surface area contributed by atoms with Gasteiger partial charge in [-0.2, -0.15) is 0 Å². The molecule has 1 aromatic rings. The molecule has 2 aliphatic heterocycles. The molecule has 0 spiro atoms. The van der Waals surface area contributed by atoms with E-state index in [4.69, 9.17) is 16.3 Å². The number of fused-ring (bicyclic) bond motifs is 1. The van der Waals surface area contributed by atoms with E-state index in [9.17, 15) is 4.79 Å². The van der Waals surface area contributed by atoms with E-state index in [1.54, 1.807) is 11.3 Å². The van der Waals surface area contributed by atoms with Crippen molar-refractivity contribution in [3.63, 3.8) is 0 Å². The summed E-state index contributed by atoms with van der Waals surface area (Å²) >= 11 is 8.10. The number of hydrogen-bond donors (Lipinski definition) is 0. The van der Waals surface area contributed by atoms with Crippen molar-refractivity contribution >= 4 is 28.8 Å². The molecule has 0 radical (unpaired) electrons. The molecule has 1 aliphatic carbocycles. The molecular formula is C19H26ClNO2S. The fourth-order valence-corrected chi connectivity index (χ4v) is 6.19. The summed E-state index contributed by atoms with van der Waals surface area (Å²) in [4.78, 5) is 16.6. The lowest BCUT2D eigenvalue weighted by Crippen LogP contribution is -2.49. The molecule has 24 heavy (non-hydrogen) atoms. The Labute approximate surface area is 153 Å². The van der Waals surface area contributed by atoms with E-state index < -0.39 is 0 Å². The number of piperidine rings is 1. The first-order valence-corrected chi connectivity index (χ1v) is 10.6. The molecule has 0 aromatic carbocycles. The maximum Gasteiger partial charge on any atom is 0.256 e. The van der Waals surface area contributed by atoms with Crippen LogP contribution in [0, 0.1) is 5.92 Å². The Morgan fingerprint density at radius 3 is 2.71 bits per heavy atom. The molecular weight excluding hydrogens is 342 g/mol. The minimum absolute atomic E-state index is 0.172.